The molecule has 2 fully saturated rings. The van der Waals surface area contributed by atoms with Crippen molar-refractivity contribution in [2.24, 2.45) is 17.1 Å². The molecule has 1 aliphatic heterocycles. The van der Waals surface area contributed by atoms with Gasteiger partial charge in [-0.05, 0) is 19.8 Å². The normalized spacial score (nSPS) is 38.2. The van der Waals surface area contributed by atoms with E-state index in [2.05, 4.69) is 5.32 Å². The standard InChI is InChI=1S/C14H26N2O3S/c1-9(8-20(4)18)16-12(17)14(15)10-6-5-7-19-11(10)13(14,2)3/h9-11H,5-8,15H2,1-4H3,(H,16,17). The van der Waals surface area contributed by atoms with Crippen LogP contribution in [0.3, 0.4) is 0 Å². The number of carbonyl (C=O) groups is 1. The third-order valence-corrected chi connectivity index (χ3v) is 5.89. The SMILES string of the molecule is CC(CS(C)=O)NC(=O)C1(N)C2CCCOC2C1(C)C. The van der Waals surface area contributed by atoms with Crippen molar-refractivity contribution in [1.82, 2.24) is 5.32 Å². The van der Waals surface area contributed by atoms with Gasteiger partial charge in [-0.3, -0.25) is 9.00 Å². The Morgan fingerprint density at radius 2 is 2.20 bits per heavy atom. The van der Waals surface area contributed by atoms with Gasteiger partial charge in [0.05, 0.1) is 6.10 Å². The fourth-order valence-electron chi connectivity index (χ4n) is 3.77. The summed E-state index contributed by atoms with van der Waals surface area (Å²) in [5.74, 6) is 0.408. The molecule has 0 spiro atoms. The predicted octanol–water partition coefficient (Wildman–Crippen LogP) is 0.402. The Labute approximate surface area is 123 Å². The maximum atomic E-state index is 12.6. The quantitative estimate of drug-likeness (QED) is 0.788. The summed E-state index contributed by atoms with van der Waals surface area (Å²) in [6, 6.07) is -0.131. The fraction of sp³-hybridized carbons (Fsp3) is 0.929. The average molecular weight is 302 g/mol. The lowest BCUT2D eigenvalue weighted by Gasteiger charge is -2.65. The van der Waals surface area contributed by atoms with Crippen LogP contribution in [-0.2, 0) is 20.3 Å². The summed E-state index contributed by atoms with van der Waals surface area (Å²) in [5.41, 5.74) is 5.23. The summed E-state index contributed by atoms with van der Waals surface area (Å²) < 4.78 is 17.0. The first kappa shape index (κ1) is 15.9. The van der Waals surface area contributed by atoms with E-state index in [1.165, 1.54) is 0 Å². The van der Waals surface area contributed by atoms with Crippen molar-refractivity contribution < 1.29 is 13.7 Å². The van der Waals surface area contributed by atoms with Crippen molar-refractivity contribution in [3.8, 4) is 0 Å². The van der Waals surface area contributed by atoms with Gasteiger partial charge < -0.3 is 15.8 Å². The zero-order valence-corrected chi connectivity index (χ0v) is 13.6. The van der Waals surface area contributed by atoms with Crippen molar-refractivity contribution in [3.05, 3.63) is 0 Å². The predicted molar refractivity (Wildman–Crippen MR) is 79.7 cm³/mol. The van der Waals surface area contributed by atoms with Crippen LogP contribution in [0.4, 0.5) is 0 Å². The number of hydrogen-bond donors (Lipinski definition) is 2. The molecule has 5 nitrogen and oxygen atoms in total. The second kappa shape index (κ2) is 5.39. The first-order chi connectivity index (χ1) is 9.21. The van der Waals surface area contributed by atoms with E-state index in [-0.39, 0.29) is 29.4 Å². The lowest BCUT2D eigenvalue weighted by Crippen LogP contribution is -2.82. The lowest BCUT2D eigenvalue weighted by molar-refractivity contribution is -0.225. The monoisotopic (exact) mass is 302 g/mol. The topological polar surface area (TPSA) is 81.4 Å². The Hall–Kier alpha value is -0.460. The van der Waals surface area contributed by atoms with Gasteiger partial charge in [0.2, 0.25) is 5.91 Å². The number of carbonyl (C=O) groups excluding carboxylic acids is 1. The highest BCUT2D eigenvalue weighted by atomic mass is 32.2. The van der Waals surface area contributed by atoms with Crippen molar-refractivity contribution in [2.75, 3.05) is 18.6 Å². The van der Waals surface area contributed by atoms with Crippen LogP contribution in [-0.4, -0.2) is 46.4 Å². The number of rotatable bonds is 4. The average Bonchev–Trinajstić information content (AvgIpc) is 2.36. The molecule has 1 heterocycles. The molecule has 2 aliphatic rings. The molecule has 0 aromatic rings. The van der Waals surface area contributed by atoms with Crippen molar-refractivity contribution >= 4 is 16.7 Å². The van der Waals surface area contributed by atoms with E-state index in [4.69, 9.17) is 10.5 Å². The maximum absolute atomic E-state index is 12.6. The Morgan fingerprint density at radius 1 is 1.55 bits per heavy atom. The minimum absolute atomic E-state index is 0.0719. The van der Waals surface area contributed by atoms with Crippen molar-refractivity contribution in [3.63, 3.8) is 0 Å². The third kappa shape index (κ3) is 2.31. The molecule has 5 atom stereocenters. The molecule has 1 saturated carbocycles. The molecule has 0 aromatic heterocycles. The van der Waals surface area contributed by atoms with Crippen LogP contribution in [0.5, 0.6) is 0 Å². The Bertz CT molecular complexity index is 427. The molecular formula is C14H26N2O3S. The summed E-state index contributed by atoms with van der Waals surface area (Å²) in [5, 5.41) is 2.93. The van der Waals surface area contributed by atoms with Gasteiger partial charge >= 0.3 is 0 Å². The van der Waals surface area contributed by atoms with E-state index in [1.807, 2.05) is 20.8 Å². The van der Waals surface area contributed by atoms with Gasteiger partial charge in [0, 0.05) is 46.8 Å². The Morgan fingerprint density at radius 3 is 2.80 bits per heavy atom. The van der Waals surface area contributed by atoms with Gasteiger partial charge in [-0.1, -0.05) is 13.8 Å². The summed E-state index contributed by atoms with van der Waals surface area (Å²) in [6.07, 6.45) is 3.60. The minimum Gasteiger partial charge on any atom is -0.377 e. The third-order valence-electron chi connectivity index (χ3n) is 4.92. The highest BCUT2D eigenvalue weighted by Crippen LogP contribution is 2.57. The smallest absolute Gasteiger partial charge is 0.241 e. The molecule has 1 aliphatic carbocycles. The van der Waals surface area contributed by atoms with Crippen LogP contribution >= 0.6 is 0 Å². The molecule has 0 aromatic carbocycles. The summed E-state index contributed by atoms with van der Waals surface area (Å²) in [6.45, 7) is 6.63. The van der Waals surface area contributed by atoms with Crippen LogP contribution in [0.15, 0.2) is 0 Å². The van der Waals surface area contributed by atoms with E-state index < -0.39 is 16.3 Å². The van der Waals surface area contributed by atoms with Gasteiger partial charge in [0.25, 0.3) is 0 Å². The summed E-state index contributed by atoms with van der Waals surface area (Å²) >= 11 is 0. The van der Waals surface area contributed by atoms with E-state index in [0.29, 0.717) is 5.75 Å². The zero-order chi connectivity index (χ0) is 15.1. The largest absolute Gasteiger partial charge is 0.377 e. The molecule has 1 amide bonds. The number of ether oxygens (including phenoxy) is 1. The molecular weight excluding hydrogens is 276 g/mol. The van der Waals surface area contributed by atoms with Crippen LogP contribution in [0.2, 0.25) is 0 Å². The molecule has 1 saturated heterocycles. The Balaban J connectivity index is 2.09. The van der Waals surface area contributed by atoms with Crippen LogP contribution in [0.25, 0.3) is 0 Å². The van der Waals surface area contributed by atoms with E-state index in [1.54, 1.807) is 6.26 Å². The second-order valence-electron chi connectivity index (χ2n) is 6.75. The zero-order valence-electron chi connectivity index (χ0n) is 12.8. The maximum Gasteiger partial charge on any atom is 0.241 e. The molecule has 0 bridgehead atoms. The van der Waals surface area contributed by atoms with Crippen LogP contribution in [0, 0.1) is 11.3 Å². The van der Waals surface area contributed by atoms with Gasteiger partial charge in [0.15, 0.2) is 0 Å². The Kier molecular flexibility index (Phi) is 4.29. The highest BCUT2D eigenvalue weighted by molar-refractivity contribution is 7.84. The molecule has 0 radical (unpaired) electrons. The van der Waals surface area contributed by atoms with Gasteiger partial charge in [0.1, 0.15) is 5.54 Å². The summed E-state index contributed by atoms with van der Waals surface area (Å²) in [7, 11) is -0.930. The van der Waals surface area contributed by atoms with Gasteiger partial charge in [-0.25, -0.2) is 0 Å². The molecule has 20 heavy (non-hydrogen) atoms. The van der Waals surface area contributed by atoms with Crippen LogP contribution < -0.4 is 11.1 Å². The summed E-state index contributed by atoms with van der Waals surface area (Å²) in [4.78, 5) is 12.6. The molecule has 5 unspecified atom stereocenters. The van der Waals surface area contributed by atoms with Gasteiger partial charge in [-0.15, -0.1) is 0 Å². The first-order valence-electron chi connectivity index (χ1n) is 7.22. The molecule has 116 valence electrons. The molecule has 2 rings (SSSR count). The second-order valence-corrected chi connectivity index (χ2v) is 8.22. The van der Waals surface area contributed by atoms with Crippen LogP contribution in [0.1, 0.15) is 33.6 Å². The number of amides is 1. The number of nitrogens with two attached hydrogens (primary N) is 1. The van der Waals surface area contributed by atoms with Crippen molar-refractivity contribution in [2.45, 2.75) is 51.3 Å². The lowest BCUT2D eigenvalue weighted by atomic mass is 9.46. The highest BCUT2D eigenvalue weighted by Gasteiger charge is 2.70. The van der Waals surface area contributed by atoms with Crippen molar-refractivity contribution in [1.29, 1.82) is 0 Å². The van der Waals surface area contributed by atoms with Gasteiger partial charge in [-0.2, -0.15) is 0 Å². The molecule has 6 heteroatoms. The number of hydrogen-bond acceptors (Lipinski definition) is 4. The van der Waals surface area contributed by atoms with E-state index in [0.717, 1.165) is 19.4 Å². The minimum atomic E-state index is -0.930. The first-order valence-corrected chi connectivity index (χ1v) is 8.95. The van der Waals surface area contributed by atoms with E-state index >= 15 is 0 Å². The van der Waals surface area contributed by atoms with E-state index in [9.17, 15) is 9.00 Å². The number of nitrogens with one attached hydrogen (secondary N) is 1. The molecule has 3 N–H and O–H groups in total. The fourth-order valence-corrected chi connectivity index (χ4v) is 4.56. The number of fused-ring (bicyclic) bond motifs is 1.